The first-order valence-corrected chi connectivity index (χ1v) is 6.04. The lowest BCUT2D eigenvalue weighted by atomic mass is 10.00. The molecule has 1 atom stereocenters. The van der Waals surface area contributed by atoms with E-state index in [-0.39, 0.29) is 0 Å². The molecule has 0 spiro atoms. The molecule has 0 amide bonds. The van der Waals surface area contributed by atoms with Crippen LogP contribution in [0.15, 0.2) is 42.5 Å². The van der Waals surface area contributed by atoms with Gasteiger partial charge in [0.1, 0.15) is 0 Å². The van der Waals surface area contributed by atoms with Crippen molar-refractivity contribution in [3.8, 4) is 0 Å². The standard InChI is InChI=1S/C15H19N/c1-3-11-16-12(2)14-10-6-8-13-7-4-5-9-15(13)14/h4-10,12,16H,3,11H2,1-2H3. The molecule has 1 N–H and O–H groups in total. The fraction of sp³-hybridized carbons (Fsp3) is 0.333. The minimum Gasteiger partial charge on any atom is -0.310 e. The van der Waals surface area contributed by atoms with Gasteiger partial charge in [-0.05, 0) is 36.2 Å². The normalized spacial score (nSPS) is 12.9. The van der Waals surface area contributed by atoms with E-state index < -0.39 is 0 Å². The molecule has 2 aromatic carbocycles. The van der Waals surface area contributed by atoms with Crippen LogP contribution in [0.2, 0.25) is 0 Å². The molecule has 1 unspecified atom stereocenters. The number of hydrogen-bond donors (Lipinski definition) is 1. The summed E-state index contributed by atoms with van der Waals surface area (Å²) >= 11 is 0. The molecular formula is C15H19N. The van der Waals surface area contributed by atoms with Crippen molar-refractivity contribution in [2.45, 2.75) is 26.3 Å². The van der Waals surface area contributed by atoms with Crippen LogP contribution in [-0.2, 0) is 0 Å². The highest BCUT2D eigenvalue weighted by molar-refractivity contribution is 5.86. The molecule has 0 radical (unpaired) electrons. The zero-order valence-electron chi connectivity index (χ0n) is 10.0. The van der Waals surface area contributed by atoms with E-state index in [4.69, 9.17) is 0 Å². The van der Waals surface area contributed by atoms with Gasteiger partial charge in [0.25, 0.3) is 0 Å². The minimum atomic E-state index is 0.422. The SMILES string of the molecule is CCCNC(C)c1cccc2ccccc12. The Morgan fingerprint density at radius 3 is 2.62 bits per heavy atom. The van der Waals surface area contributed by atoms with Gasteiger partial charge >= 0.3 is 0 Å². The lowest BCUT2D eigenvalue weighted by molar-refractivity contribution is 0.574. The molecule has 2 rings (SSSR count). The number of fused-ring (bicyclic) bond motifs is 1. The van der Waals surface area contributed by atoms with Gasteiger partial charge in [0.15, 0.2) is 0 Å². The molecule has 16 heavy (non-hydrogen) atoms. The predicted molar refractivity (Wildman–Crippen MR) is 70.7 cm³/mol. The molecular weight excluding hydrogens is 194 g/mol. The van der Waals surface area contributed by atoms with Crippen LogP contribution in [0.4, 0.5) is 0 Å². The van der Waals surface area contributed by atoms with Crippen molar-refractivity contribution in [3.63, 3.8) is 0 Å². The summed E-state index contributed by atoms with van der Waals surface area (Å²) < 4.78 is 0. The third kappa shape index (κ3) is 2.25. The molecule has 2 aromatic rings. The second-order valence-electron chi connectivity index (χ2n) is 4.24. The Morgan fingerprint density at radius 2 is 1.81 bits per heavy atom. The molecule has 0 aliphatic rings. The van der Waals surface area contributed by atoms with Crippen molar-refractivity contribution in [2.75, 3.05) is 6.54 Å². The maximum absolute atomic E-state index is 3.54. The largest absolute Gasteiger partial charge is 0.310 e. The summed E-state index contributed by atoms with van der Waals surface area (Å²) in [5.74, 6) is 0. The summed E-state index contributed by atoms with van der Waals surface area (Å²) in [5, 5.41) is 6.23. The summed E-state index contributed by atoms with van der Waals surface area (Å²) in [6.45, 7) is 5.50. The van der Waals surface area contributed by atoms with Crippen LogP contribution >= 0.6 is 0 Å². The van der Waals surface area contributed by atoms with Gasteiger partial charge in [-0.1, -0.05) is 49.4 Å². The van der Waals surface area contributed by atoms with Crippen LogP contribution in [-0.4, -0.2) is 6.54 Å². The molecule has 1 heteroatoms. The van der Waals surface area contributed by atoms with Crippen molar-refractivity contribution in [3.05, 3.63) is 48.0 Å². The maximum Gasteiger partial charge on any atom is 0.0297 e. The zero-order chi connectivity index (χ0) is 11.4. The lowest BCUT2D eigenvalue weighted by Crippen LogP contribution is -2.19. The predicted octanol–water partition coefficient (Wildman–Crippen LogP) is 3.90. The van der Waals surface area contributed by atoms with E-state index in [9.17, 15) is 0 Å². The average molecular weight is 213 g/mol. The van der Waals surface area contributed by atoms with Crippen molar-refractivity contribution in [1.82, 2.24) is 5.32 Å². The average Bonchev–Trinajstić information content (AvgIpc) is 2.35. The molecule has 0 bridgehead atoms. The number of rotatable bonds is 4. The van der Waals surface area contributed by atoms with Crippen molar-refractivity contribution < 1.29 is 0 Å². The number of nitrogens with one attached hydrogen (secondary N) is 1. The molecule has 0 aromatic heterocycles. The second kappa shape index (κ2) is 5.13. The first-order valence-electron chi connectivity index (χ1n) is 6.04. The van der Waals surface area contributed by atoms with Crippen molar-refractivity contribution in [2.24, 2.45) is 0 Å². The highest BCUT2D eigenvalue weighted by Crippen LogP contribution is 2.23. The molecule has 0 saturated carbocycles. The Balaban J connectivity index is 2.36. The van der Waals surface area contributed by atoms with Crippen LogP contribution in [0.1, 0.15) is 31.9 Å². The Morgan fingerprint density at radius 1 is 1.06 bits per heavy atom. The van der Waals surface area contributed by atoms with E-state index in [0.29, 0.717) is 6.04 Å². The van der Waals surface area contributed by atoms with Crippen LogP contribution in [0.3, 0.4) is 0 Å². The van der Waals surface area contributed by atoms with Gasteiger partial charge in [-0.2, -0.15) is 0 Å². The zero-order valence-corrected chi connectivity index (χ0v) is 10.0. The van der Waals surface area contributed by atoms with Gasteiger partial charge in [0, 0.05) is 6.04 Å². The van der Waals surface area contributed by atoms with Crippen molar-refractivity contribution in [1.29, 1.82) is 0 Å². The number of hydrogen-bond acceptors (Lipinski definition) is 1. The van der Waals surface area contributed by atoms with Gasteiger partial charge in [0.2, 0.25) is 0 Å². The Bertz CT molecular complexity index is 456. The van der Waals surface area contributed by atoms with Gasteiger partial charge in [-0.25, -0.2) is 0 Å². The Kier molecular flexibility index (Phi) is 3.58. The van der Waals surface area contributed by atoms with E-state index in [1.54, 1.807) is 0 Å². The van der Waals surface area contributed by atoms with E-state index in [1.165, 1.54) is 22.8 Å². The Hall–Kier alpha value is -1.34. The van der Waals surface area contributed by atoms with Gasteiger partial charge < -0.3 is 5.32 Å². The summed E-state index contributed by atoms with van der Waals surface area (Å²) in [6.07, 6.45) is 1.18. The Labute approximate surface area is 97.5 Å². The summed E-state index contributed by atoms with van der Waals surface area (Å²) in [6, 6.07) is 15.5. The monoisotopic (exact) mass is 213 g/mol. The smallest absolute Gasteiger partial charge is 0.0297 e. The quantitative estimate of drug-likeness (QED) is 0.812. The molecule has 0 aliphatic heterocycles. The first-order chi connectivity index (χ1) is 7.83. The van der Waals surface area contributed by atoms with Gasteiger partial charge in [0.05, 0.1) is 0 Å². The maximum atomic E-state index is 3.54. The van der Waals surface area contributed by atoms with E-state index >= 15 is 0 Å². The molecule has 0 heterocycles. The van der Waals surface area contributed by atoms with E-state index in [1.807, 2.05) is 0 Å². The summed E-state index contributed by atoms with van der Waals surface area (Å²) in [4.78, 5) is 0. The molecule has 0 aliphatic carbocycles. The third-order valence-corrected chi connectivity index (χ3v) is 2.99. The lowest BCUT2D eigenvalue weighted by Gasteiger charge is -2.16. The van der Waals surface area contributed by atoms with Crippen LogP contribution in [0.5, 0.6) is 0 Å². The van der Waals surface area contributed by atoms with Crippen LogP contribution in [0.25, 0.3) is 10.8 Å². The fourth-order valence-corrected chi connectivity index (χ4v) is 2.10. The van der Waals surface area contributed by atoms with Gasteiger partial charge in [-0.15, -0.1) is 0 Å². The number of benzene rings is 2. The third-order valence-electron chi connectivity index (χ3n) is 2.99. The van der Waals surface area contributed by atoms with Gasteiger partial charge in [-0.3, -0.25) is 0 Å². The topological polar surface area (TPSA) is 12.0 Å². The van der Waals surface area contributed by atoms with Crippen LogP contribution in [0, 0.1) is 0 Å². The molecule has 1 nitrogen and oxygen atoms in total. The highest BCUT2D eigenvalue weighted by Gasteiger charge is 2.07. The summed E-state index contributed by atoms with van der Waals surface area (Å²) in [5.41, 5.74) is 1.39. The van der Waals surface area contributed by atoms with Crippen molar-refractivity contribution >= 4 is 10.8 Å². The van der Waals surface area contributed by atoms with E-state index in [0.717, 1.165) is 6.54 Å². The minimum absolute atomic E-state index is 0.422. The molecule has 84 valence electrons. The second-order valence-corrected chi connectivity index (χ2v) is 4.24. The highest BCUT2D eigenvalue weighted by atomic mass is 14.9. The fourth-order valence-electron chi connectivity index (χ4n) is 2.10. The van der Waals surface area contributed by atoms with Crippen LogP contribution < -0.4 is 5.32 Å². The molecule has 0 fully saturated rings. The molecule has 0 saturated heterocycles. The summed E-state index contributed by atoms with van der Waals surface area (Å²) in [7, 11) is 0. The first kappa shape index (κ1) is 11.2. The van der Waals surface area contributed by atoms with E-state index in [2.05, 4.69) is 61.6 Å².